The Labute approximate surface area is 87.3 Å². The molecule has 0 radical (unpaired) electrons. The summed E-state index contributed by atoms with van der Waals surface area (Å²) in [5.74, 6) is 0.939. The summed E-state index contributed by atoms with van der Waals surface area (Å²) in [6.45, 7) is 0.257. The van der Waals surface area contributed by atoms with Crippen molar-refractivity contribution in [3.8, 4) is 0 Å². The zero-order valence-corrected chi connectivity index (χ0v) is 9.10. The Morgan fingerprint density at radius 2 is 1.85 bits per heavy atom. The Kier molecular flexibility index (Phi) is 7.72. The molecule has 0 spiro atoms. The minimum Gasteiger partial charge on any atom is -1.00 e. The van der Waals surface area contributed by atoms with E-state index in [1.54, 1.807) is 0 Å². The van der Waals surface area contributed by atoms with Gasteiger partial charge in [-0.2, -0.15) is 0 Å². The van der Waals surface area contributed by atoms with E-state index in [1.807, 2.05) is 0 Å². The van der Waals surface area contributed by atoms with Gasteiger partial charge in [-0.15, -0.1) is 0 Å². The van der Waals surface area contributed by atoms with Crippen molar-refractivity contribution in [3.05, 3.63) is 0 Å². The lowest BCUT2D eigenvalue weighted by atomic mass is 9.85. The van der Waals surface area contributed by atoms with Crippen LogP contribution in [0.5, 0.6) is 0 Å². The molecule has 1 aliphatic carbocycles. The predicted octanol–water partition coefficient (Wildman–Crippen LogP) is -2.05. The molecule has 0 unspecified atom stereocenters. The van der Waals surface area contributed by atoms with Crippen LogP contribution in [0.2, 0.25) is 0 Å². The fourth-order valence-electron chi connectivity index (χ4n) is 2.04. The number of halogens is 1. The van der Waals surface area contributed by atoms with Crippen LogP contribution < -0.4 is 18.1 Å². The minimum atomic E-state index is 0. The van der Waals surface area contributed by atoms with Crippen LogP contribution in [-0.4, -0.2) is 17.8 Å². The Morgan fingerprint density at radius 1 is 1.23 bits per heavy atom. The van der Waals surface area contributed by atoms with Crippen molar-refractivity contribution in [1.82, 2.24) is 0 Å². The molecule has 0 aliphatic heterocycles. The van der Waals surface area contributed by atoms with Crippen molar-refractivity contribution in [2.45, 2.75) is 51.0 Å². The van der Waals surface area contributed by atoms with Crippen LogP contribution in [0, 0.1) is 5.92 Å². The van der Waals surface area contributed by atoms with Gasteiger partial charge in [0.2, 0.25) is 0 Å². The lowest BCUT2D eigenvalue weighted by molar-refractivity contribution is -0.427. The molecular formula is C10H22ClNO. The zero-order valence-electron chi connectivity index (χ0n) is 8.34. The molecule has 0 aromatic rings. The second-order valence-electron chi connectivity index (χ2n) is 4.13. The summed E-state index contributed by atoms with van der Waals surface area (Å²) >= 11 is 0. The monoisotopic (exact) mass is 207 g/mol. The number of hydrogen-bond donors (Lipinski definition) is 2. The smallest absolute Gasteiger partial charge is 0.108 e. The largest absolute Gasteiger partial charge is 1.00 e. The first-order valence-corrected chi connectivity index (χ1v) is 5.27. The van der Waals surface area contributed by atoms with Crippen LogP contribution >= 0.6 is 0 Å². The summed E-state index contributed by atoms with van der Waals surface area (Å²) in [6.07, 6.45) is 9.51. The minimum absolute atomic E-state index is 0. The number of quaternary nitrogens is 1. The molecule has 0 aromatic heterocycles. The first kappa shape index (κ1) is 13.2. The maximum Gasteiger partial charge on any atom is 0.108 e. The highest BCUT2D eigenvalue weighted by Crippen LogP contribution is 2.27. The predicted molar refractivity (Wildman–Crippen MR) is 49.6 cm³/mol. The molecule has 1 rings (SSSR count). The maximum absolute atomic E-state index is 8.80. The fourth-order valence-corrected chi connectivity index (χ4v) is 2.04. The summed E-state index contributed by atoms with van der Waals surface area (Å²) in [5, 5.41) is 8.80. The summed E-state index contributed by atoms with van der Waals surface area (Å²) in [5.41, 5.74) is 3.89. The standard InChI is InChI=1S/C10H21NO.ClH/c11-10(8-12)7-6-9-4-2-1-3-5-9;/h9-10,12H,1-8,11H2;1H/t10-;/m0./s1. The number of rotatable bonds is 4. The van der Waals surface area contributed by atoms with Gasteiger partial charge in [0.1, 0.15) is 6.04 Å². The molecule has 0 heterocycles. The third kappa shape index (κ3) is 5.50. The van der Waals surface area contributed by atoms with Gasteiger partial charge in [0, 0.05) is 6.42 Å². The molecule has 3 heteroatoms. The quantitative estimate of drug-likeness (QED) is 0.548. The maximum atomic E-state index is 8.80. The van der Waals surface area contributed by atoms with E-state index in [2.05, 4.69) is 5.73 Å². The molecule has 1 aliphatic rings. The van der Waals surface area contributed by atoms with E-state index < -0.39 is 0 Å². The Morgan fingerprint density at radius 3 is 2.38 bits per heavy atom. The van der Waals surface area contributed by atoms with Crippen molar-refractivity contribution in [1.29, 1.82) is 0 Å². The van der Waals surface area contributed by atoms with Gasteiger partial charge in [-0.05, 0) is 12.3 Å². The van der Waals surface area contributed by atoms with E-state index in [4.69, 9.17) is 5.11 Å². The van der Waals surface area contributed by atoms with Crippen molar-refractivity contribution in [2.75, 3.05) is 6.61 Å². The molecule has 0 saturated heterocycles. The average molecular weight is 208 g/mol. The van der Waals surface area contributed by atoms with Crippen LogP contribution in [0.25, 0.3) is 0 Å². The van der Waals surface area contributed by atoms with Crippen LogP contribution in [0.15, 0.2) is 0 Å². The van der Waals surface area contributed by atoms with Gasteiger partial charge < -0.3 is 23.2 Å². The summed E-state index contributed by atoms with van der Waals surface area (Å²) in [7, 11) is 0. The molecule has 13 heavy (non-hydrogen) atoms. The Bertz CT molecular complexity index is 115. The summed E-state index contributed by atoms with van der Waals surface area (Å²) < 4.78 is 0. The van der Waals surface area contributed by atoms with Crippen LogP contribution in [0.1, 0.15) is 44.9 Å². The van der Waals surface area contributed by atoms with Gasteiger partial charge in [0.15, 0.2) is 0 Å². The molecule has 1 fully saturated rings. The van der Waals surface area contributed by atoms with Gasteiger partial charge in [-0.25, -0.2) is 0 Å². The SMILES string of the molecule is [Cl-].[NH3+][C@H](CO)CCC1CCCCC1. The van der Waals surface area contributed by atoms with Crippen LogP contribution in [0.4, 0.5) is 0 Å². The van der Waals surface area contributed by atoms with Gasteiger partial charge in [-0.3, -0.25) is 0 Å². The molecule has 0 bridgehead atoms. The molecular weight excluding hydrogens is 186 g/mol. The average Bonchev–Trinajstić information content (AvgIpc) is 2.16. The van der Waals surface area contributed by atoms with E-state index in [0.29, 0.717) is 0 Å². The Balaban J connectivity index is 0.00000144. The van der Waals surface area contributed by atoms with E-state index in [-0.39, 0.29) is 25.1 Å². The number of hydrogen-bond acceptors (Lipinski definition) is 1. The van der Waals surface area contributed by atoms with Crippen LogP contribution in [-0.2, 0) is 0 Å². The molecule has 80 valence electrons. The molecule has 1 saturated carbocycles. The van der Waals surface area contributed by atoms with Crippen molar-refractivity contribution in [3.63, 3.8) is 0 Å². The molecule has 0 aromatic carbocycles. The first-order valence-electron chi connectivity index (χ1n) is 5.27. The second kappa shape index (κ2) is 7.60. The fraction of sp³-hybridized carbons (Fsp3) is 1.00. The number of aliphatic hydroxyl groups excluding tert-OH is 1. The van der Waals surface area contributed by atoms with Gasteiger partial charge in [0.05, 0.1) is 6.61 Å². The van der Waals surface area contributed by atoms with E-state index in [9.17, 15) is 0 Å². The van der Waals surface area contributed by atoms with Gasteiger partial charge >= 0.3 is 0 Å². The topological polar surface area (TPSA) is 47.9 Å². The normalized spacial score (nSPS) is 20.8. The first-order chi connectivity index (χ1) is 5.83. The highest BCUT2D eigenvalue weighted by Gasteiger charge is 2.15. The lowest BCUT2D eigenvalue weighted by Crippen LogP contribution is -3.00. The Hall–Kier alpha value is 0.210. The van der Waals surface area contributed by atoms with E-state index >= 15 is 0 Å². The molecule has 4 N–H and O–H groups in total. The third-order valence-corrected chi connectivity index (χ3v) is 2.97. The van der Waals surface area contributed by atoms with E-state index in [0.717, 1.165) is 12.3 Å². The zero-order chi connectivity index (χ0) is 8.81. The second-order valence-corrected chi connectivity index (χ2v) is 4.13. The van der Waals surface area contributed by atoms with Gasteiger partial charge in [-0.1, -0.05) is 32.1 Å². The number of aliphatic hydroxyl groups is 1. The summed E-state index contributed by atoms with van der Waals surface area (Å²) in [4.78, 5) is 0. The highest BCUT2D eigenvalue weighted by molar-refractivity contribution is 4.67. The molecule has 0 amide bonds. The van der Waals surface area contributed by atoms with Crippen molar-refractivity contribution >= 4 is 0 Å². The third-order valence-electron chi connectivity index (χ3n) is 2.97. The summed E-state index contributed by atoms with van der Waals surface area (Å²) in [6, 6.07) is 0.270. The van der Waals surface area contributed by atoms with Crippen molar-refractivity contribution in [2.24, 2.45) is 5.92 Å². The molecule has 1 atom stereocenters. The van der Waals surface area contributed by atoms with E-state index in [1.165, 1.54) is 38.5 Å². The molecule has 2 nitrogen and oxygen atoms in total. The lowest BCUT2D eigenvalue weighted by Gasteiger charge is -2.21. The van der Waals surface area contributed by atoms with Gasteiger partial charge in [0.25, 0.3) is 0 Å². The highest BCUT2D eigenvalue weighted by atomic mass is 35.5. The van der Waals surface area contributed by atoms with Crippen LogP contribution in [0.3, 0.4) is 0 Å². The van der Waals surface area contributed by atoms with Crippen molar-refractivity contribution < 1.29 is 23.2 Å².